The minimum Gasteiger partial charge on any atom is -0.0622 e. The lowest BCUT2D eigenvalue weighted by atomic mass is 9.61. The number of fused-ring (bicyclic) bond motifs is 2. The molecule has 0 amide bonds. The summed E-state index contributed by atoms with van der Waals surface area (Å²) in [5.41, 5.74) is 14.6. The molecule has 0 nitrogen and oxygen atoms in total. The van der Waals surface area contributed by atoms with Crippen LogP contribution in [0.15, 0.2) is 109 Å². The topological polar surface area (TPSA) is 0 Å². The number of hydrogen-bond acceptors (Lipinski definition) is 0. The second-order valence-electron chi connectivity index (χ2n) is 11.1. The van der Waals surface area contributed by atoms with Crippen molar-refractivity contribution in [2.75, 3.05) is 0 Å². The number of benzene rings is 4. The van der Waals surface area contributed by atoms with Crippen LogP contribution in [-0.4, -0.2) is 0 Å². The summed E-state index contributed by atoms with van der Waals surface area (Å²) in [5.74, 6) is 0.600. The van der Waals surface area contributed by atoms with E-state index < -0.39 is 0 Å². The van der Waals surface area contributed by atoms with Crippen LogP contribution in [0.5, 0.6) is 0 Å². The lowest BCUT2D eigenvalue weighted by Crippen LogP contribution is -2.30. The Balaban J connectivity index is 1.63. The molecule has 0 radical (unpaired) electrons. The highest BCUT2D eigenvalue weighted by Crippen LogP contribution is 2.65. The molecule has 2 aliphatic rings. The summed E-state index contributed by atoms with van der Waals surface area (Å²) in [6, 6.07) is 40.7. The van der Waals surface area contributed by atoms with Gasteiger partial charge in [-0.2, -0.15) is 0 Å². The highest BCUT2D eigenvalue weighted by Gasteiger charge is 2.49. The third kappa shape index (κ3) is 3.65. The largest absolute Gasteiger partial charge is 0.0622 e. The van der Waals surface area contributed by atoms with Gasteiger partial charge in [0.15, 0.2) is 0 Å². The standard InChI is InChI=1S/C37H36/c1-5-27-29-21-13-15-23-31(29)35(33(27)25-17-9-7-10-18-25)37(3,4)36-32-24-16-14-22-30(32)28(6-2)34(36)26-19-11-8-12-20-26/h7-24,35-36H,5-6H2,1-4H3. The predicted molar refractivity (Wildman–Crippen MR) is 159 cm³/mol. The van der Waals surface area contributed by atoms with Crippen LogP contribution >= 0.6 is 0 Å². The van der Waals surface area contributed by atoms with Gasteiger partial charge in [0.1, 0.15) is 0 Å². The summed E-state index contributed by atoms with van der Waals surface area (Å²) >= 11 is 0. The third-order valence-electron chi connectivity index (χ3n) is 8.79. The molecule has 0 heterocycles. The first kappa shape index (κ1) is 23.7. The number of allylic oxidation sites excluding steroid dienone is 4. The van der Waals surface area contributed by atoms with E-state index in [1.54, 1.807) is 0 Å². The Morgan fingerprint density at radius 3 is 1.22 bits per heavy atom. The van der Waals surface area contributed by atoms with E-state index in [2.05, 4.69) is 137 Å². The van der Waals surface area contributed by atoms with Gasteiger partial charge in [0.2, 0.25) is 0 Å². The van der Waals surface area contributed by atoms with Gasteiger partial charge in [-0.15, -0.1) is 0 Å². The van der Waals surface area contributed by atoms with Crippen molar-refractivity contribution in [3.05, 3.63) is 143 Å². The zero-order valence-electron chi connectivity index (χ0n) is 22.5. The zero-order valence-corrected chi connectivity index (χ0v) is 22.5. The van der Waals surface area contributed by atoms with Crippen molar-refractivity contribution in [1.29, 1.82) is 0 Å². The van der Waals surface area contributed by atoms with Crippen molar-refractivity contribution in [3.63, 3.8) is 0 Å². The summed E-state index contributed by atoms with van der Waals surface area (Å²) in [6.07, 6.45) is 2.08. The highest BCUT2D eigenvalue weighted by molar-refractivity contribution is 6.03. The molecular formula is C37H36. The van der Waals surface area contributed by atoms with E-state index in [0.717, 1.165) is 12.8 Å². The summed E-state index contributed by atoms with van der Waals surface area (Å²) < 4.78 is 0. The molecule has 0 saturated carbocycles. The van der Waals surface area contributed by atoms with Crippen LogP contribution < -0.4 is 0 Å². The van der Waals surface area contributed by atoms with E-state index in [9.17, 15) is 0 Å². The lowest BCUT2D eigenvalue weighted by Gasteiger charge is -2.42. The van der Waals surface area contributed by atoms with E-state index in [1.165, 1.54) is 55.7 Å². The van der Waals surface area contributed by atoms with Crippen LogP contribution in [0.25, 0.3) is 22.3 Å². The second kappa shape index (κ2) is 9.34. The molecular weight excluding hydrogens is 444 g/mol. The van der Waals surface area contributed by atoms with Crippen LogP contribution in [0.2, 0.25) is 0 Å². The normalized spacial score (nSPS) is 18.8. The fourth-order valence-electron chi connectivity index (χ4n) is 7.39. The zero-order chi connectivity index (χ0) is 25.6. The average Bonchev–Trinajstić information content (AvgIpc) is 3.48. The lowest BCUT2D eigenvalue weighted by molar-refractivity contribution is 0.304. The molecule has 2 atom stereocenters. The maximum Gasteiger partial charge on any atom is 0.0164 e. The van der Waals surface area contributed by atoms with Gasteiger partial charge in [0.25, 0.3) is 0 Å². The van der Waals surface area contributed by atoms with E-state index >= 15 is 0 Å². The fraction of sp³-hybridized carbons (Fsp3) is 0.243. The monoisotopic (exact) mass is 480 g/mol. The van der Waals surface area contributed by atoms with Gasteiger partial charge >= 0.3 is 0 Å². The Hall–Kier alpha value is -3.64. The van der Waals surface area contributed by atoms with Gasteiger partial charge in [-0.1, -0.05) is 137 Å². The van der Waals surface area contributed by atoms with Gasteiger partial charge in [0, 0.05) is 11.8 Å². The van der Waals surface area contributed by atoms with Crippen LogP contribution in [0.1, 0.15) is 85.8 Å². The van der Waals surface area contributed by atoms with Crippen molar-refractivity contribution in [3.8, 4) is 0 Å². The summed E-state index contributed by atoms with van der Waals surface area (Å²) in [5, 5.41) is 0. The first-order chi connectivity index (χ1) is 18.1. The molecule has 0 aliphatic heterocycles. The smallest absolute Gasteiger partial charge is 0.0164 e. The minimum atomic E-state index is -0.0591. The van der Waals surface area contributed by atoms with Crippen molar-refractivity contribution in [1.82, 2.24) is 0 Å². The fourth-order valence-corrected chi connectivity index (χ4v) is 7.39. The molecule has 0 N–H and O–H groups in total. The van der Waals surface area contributed by atoms with Crippen molar-refractivity contribution < 1.29 is 0 Å². The molecule has 2 unspecified atom stereocenters. The Labute approximate surface area is 222 Å². The van der Waals surface area contributed by atoms with Gasteiger partial charge < -0.3 is 0 Å². The average molecular weight is 481 g/mol. The van der Waals surface area contributed by atoms with E-state index in [1.807, 2.05) is 0 Å². The Morgan fingerprint density at radius 1 is 0.486 bits per heavy atom. The first-order valence-corrected chi connectivity index (χ1v) is 13.8. The maximum atomic E-state index is 2.53. The molecule has 6 rings (SSSR count). The van der Waals surface area contributed by atoms with E-state index in [0.29, 0.717) is 11.8 Å². The summed E-state index contributed by atoms with van der Waals surface area (Å²) in [6.45, 7) is 9.69. The van der Waals surface area contributed by atoms with Crippen LogP contribution in [0, 0.1) is 5.41 Å². The first-order valence-electron chi connectivity index (χ1n) is 13.8. The van der Waals surface area contributed by atoms with Gasteiger partial charge in [-0.05, 0) is 73.9 Å². The van der Waals surface area contributed by atoms with Crippen molar-refractivity contribution in [2.24, 2.45) is 5.41 Å². The maximum absolute atomic E-state index is 2.53. The van der Waals surface area contributed by atoms with Crippen LogP contribution in [0.3, 0.4) is 0 Å². The van der Waals surface area contributed by atoms with Crippen molar-refractivity contribution in [2.45, 2.75) is 52.4 Å². The van der Waals surface area contributed by atoms with Crippen LogP contribution in [0.4, 0.5) is 0 Å². The molecule has 4 aromatic rings. The molecule has 0 spiro atoms. The summed E-state index contributed by atoms with van der Waals surface area (Å²) in [7, 11) is 0. The van der Waals surface area contributed by atoms with Gasteiger partial charge in [-0.25, -0.2) is 0 Å². The molecule has 4 aromatic carbocycles. The van der Waals surface area contributed by atoms with Crippen molar-refractivity contribution >= 4 is 22.3 Å². The number of hydrogen-bond donors (Lipinski definition) is 0. The second-order valence-corrected chi connectivity index (χ2v) is 11.1. The summed E-state index contributed by atoms with van der Waals surface area (Å²) in [4.78, 5) is 0. The Kier molecular flexibility index (Phi) is 6.00. The minimum absolute atomic E-state index is 0.0591. The molecule has 2 aliphatic carbocycles. The number of rotatable bonds is 6. The molecule has 0 saturated heterocycles. The Bertz CT molecular complexity index is 1380. The molecule has 37 heavy (non-hydrogen) atoms. The van der Waals surface area contributed by atoms with Gasteiger partial charge in [-0.3, -0.25) is 0 Å². The SMILES string of the molecule is CCC1=C(c2ccccc2)C(C(C)(C)C2C(c3ccccc3)=C(CC)c3ccccc32)c2ccccc21. The molecule has 0 bridgehead atoms. The molecule has 0 fully saturated rings. The molecule has 0 heteroatoms. The third-order valence-corrected chi connectivity index (χ3v) is 8.79. The highest BCUT2D eigenvalue weighted by atomic mass is 14.5. The quantitative estimate of drug-likeness (QED) is 0.257. The van der Waals surface area contributed by atoms with E-state index in [4.69, 9.17) is 0 Å². The Morgan fingerprint density at radius 2 is 0.838 bits per heavy atom. The van der Waals surface area contributed by atoms with Crippen LogP contribution in [-0.2, 0) is 0 Å². The van der Waals surface area contributed by atoms with Gasteiger partial charge in [0.05, 0.1) is 0 Å². The molecule has 0 aromatic heterocycles. The van der Waals surface area contributed by atoms with E-state index in [-0.39, 0.29) is 5.41 Å². The molecule has 184 valence electrons. The predicted octanol–water partition coefficient (Wildman–Crippen LogP) is 10.2.